The molecule has 0 spiro atoms. The van der Waals surface area contributed by atoms with Gasteiger partial charge in [0.25, 0.3) is 0 Å². The van der Waals surface area contributed by atoms with Gasteiger partial charge in [0.05, 0.1) is 17.1 Å². The van der Waals surface area contributed by atoms with Gasteiger partial charge in [0.15, 0.2) is 0 Å². The molecule has 6 rings (SSSR count). The van der Waals surface area contributed by atoms with Crippen LogP contribution in [0.1, 0.15) is 42.9 Å². The third-order valence-corrected chi connectivity index (χ3v) is 6.42. The van der Waals surface area contributed by atoms with Gasteiger partial charge in [-0.05, 0) is 43.9 Å². The number of imide groups is 1. The third-order valence-electron chi connectivity index (χ3n) is 6.42. The summed E-state index contributed by atoms with van der Waals surface area (Å²) in [6.07, 6.45) is 3.39. The van der Waals surface area contributed by atoms with Crippen LogP contribution in [0.25, 0.3) is 10.9 Å². The van der Waals surface area contributed by atoms with Gasteiger partial charge in [-0.1, -0.05) is 0 Å². The van der Waals surface area contributed by atoms with Gasteiger partial charge in [-0.15, -0.1) is 0 Å². The van der Waals surface area contributed by atoms with Crippen LogP contribution >= 0.6 is 0 Å². The van der Waals surface area contributed by atoms with Gasteiger partial charge < -0.3 is 10.2 Å². The minimum absolute atomic E-state index is 0.191. The van der Waals surface area contributed by atoms with Crippen molar-refractivity contribution < 1.29 is 9.59 Å². The van der Waals surface area contributed by atoms with Crippen LogP contribution < -0.4 is 15.5 Å². The lowest BCUT2D eigenvalue weighted by Gasteiger charge is -2.47. The van der Waals surface area contributed by atoms with Crippen molar-refractivity contribution >= 4 is 28.4 Å². The van der Waals surface area contributed by atoms with E-state index in [-0.39, 0.29) is 17.7 Å². The Morgan fingerprint density at radius 2 is 2.04 bits per heavy atom. The van der Waals surface area contributed by atoms with Gasteiger partial charge >= 0.3 is 0 Å². The van der Waals surface area contributed by atoms with E-state index in [1.807, 2.05) is 11.7 Å². The van der Waals surface area contributed by atoms with Crippen LogP contribution in [0.2, 0.25) is 0 Å². The largest absolute Gasteiger partial charge is 0.365 e. The van der Waals surface area contributed by atoms with Crippen molar-refractivity contribution in [3.05, 3.63) is 23.4 Å². The molecular weight excluding hydrogens is 342 g/mol. The van der Waals surface area contributed by atoms with E-state index in [2.05, 4.69) is 39.7 Å². The predicted octanol–water partition coefficient (Wildman–Crippen LogP) is 1.34. The zero-order valence-electron chi connectivity index (χ0n) is 15.8. The molecule has 4 saturated heterocycles. The number of hydrogen-bond donors (Lipinski definition) is 2. The minimum Gasteiger partial charge on any atom is -0.365 e. The number of benzene rings is 1. The normalized spacial score (nSPS) is 28.1. The van der Waals surface area contributed by atoms with Crippen LogP contribution in [0, 0.1) is 6.92 Å². The summed E-state index contributed by atoms with van der Waals surface area (Å²) in [6, 6.07) is 5.53. The quantitative estimate of drug-likeness (QED) is 0.783. The highest BCUT2D eigenvalue weighted by atomic mass is 16.2. The molecule has 3 atom stereocenters. The van der Waals surface area contributed by atoms with Gasteiger partial charge in [-0.25, -0.2) is 0 Å². The molecule has 0 saturated carbocycles. The standard InChI is InChI=1S/C20H25N5O2/c1-11-7-15-17(8-16(11)25-10-12-3-4-13(25)9-21-12)24(2)23-19(15)14-5-6-18(26)22-20(14)27/h7-8,12-14,21H,3-6,9-10H2,1-2H3,(H,22,26,27). The Balaban J connectivity index is 1.56. The van der Waals surface area contributed by atoms with Gasteiger partial charge in [0.1, 0.15) is 0 Å². The first kappa shape index (κ1) is 16.7. The molecule has 2 aromatic rings. The number of piperazine rings is 1. The Morgan fingerprint density at radius 3 is 2.70 bits per heavy atom. The van der Waals surface area contributed by atoms with Crippen molar-refractivity contribution in [3.63, 3.8) is 0 Å². The number of nitrogens with zero attached hydrogens (tertiary/aromatic N) is 3. The number of carbonyl (C=O) groups excluding carboxylic acids is 2. The molecule has 142 valence electrons. The van der Waals surface area contributed by atoms with Crippen molar-refractivity contribution in [1.82, 2.24) is 20.4 Å². The number of rotatable bonds is 2. The molecule has 1 aromatic carbocycles. The van der Waals surface area contributed by atoms with E-state index in [0.717, 1.165) is 29.7 Å². The van der Waals surface area contributed by atoms with Crippen molar-refractivity contribution in [2.45, 2.75) is 50.6 Å². The average molecular weight is 367 g/mol. The maximum Gasteiger partial charge on any atom is 0.235 e. The molecule has 3 unspecified atom stereocenters. The van der Waals surface area contributed by atoms with Crippen molar-refractivity contribution in [1.29, 1.82) is 0 Å². The number of nitrogens with one attached hydrogen (secondary N) is 2. The van der Waals surface area contributed by atoms with Gasteiger partial charge in [0.2, 0.25) is 11.8 Å². The molecule has 7 heteroatoms. The lowest BCUT2D eigenvalue weighted by atomic mass is 9.90. The summed E-state index contributed by atoms with van der Waals surface area (Å²) >= 11 is 0. The van der Waals surface area contributed by atoms with E-state index in [4.69, 9.17) is 0 Å². The van der Waals surface area contributed by atoms with Crippen LogP contribution in [0.15, 0.2) is 12.1 Å². The molecule has 4 aliphatic heterocycles. The maximum atomic E-state index is 12.3. The molecule has 1 aromatic heterocycles. The SMILES string of the molecule is Cc1cc2c(C3CCC(=O)NC3=O)nn(C)c2cc1N1CC2CCC1CN2. The number of anilines is 1. The Bertz CT molecular complexity index is 941. The Morgan fingerprint density at radius 1 is 1.19 bits per heavy atom. The lowest BCUT2D eigenvalue weighted by Crippen LogP contribution is -2.61. The number of hydrogen-bond acceptors (Lipinski definition) is 5. The fourth-order valence-electron chi connectivity index (χ4n) is 4.95. The second-order valence-corrected chi connectivity index (χ2v) is 8.16. The minimum atomic E-state index is -0.355. The summed E-state index contributed by atoms with van der Waals surface area (Å²) in [6.45, 7) is 4.25. The number of aryl methyl sites for hydroxylation is 2. The Labute approximate surface area is 158 Å². The Hall–Kier alpha value is -2.41. The molecule has 0 aliphatic carbocycles. The number of piperidine rings is 3. The van der Waals surface area contributed by atoms with Gasteiger partial charge in [-0.2, -0.15) is 5.10 Å². The molecule has 27 heavy (non-hydrogen) atoms. The van der Waals surface area contributed by atoms with E-state index in [9.17, 15) is 9.59 Å². The van der Waals surface area contributed by atoms with Crippen LogP contribution in [0.4, 0.5) is 5.69 Å². The Kier molecular flexibility index (Phi) is 3.75. The second-order valence-electron chi connectivity index (χ2n) is 8.16. The van der Waals surface area contributed by atoms with Crippen molar-refractivity contribution in [3.8, 4) is 0 Å². The van der Waals surface area contributed by atoms with Gasteiger partial charge in [-0.3, -0.25) is 19.6 Å². The first-order valence-corrected chi connectivity index (χ1v) is 9.82. The molecular formula is C20H25N5O2. The highest BCUT2D eigenvalue weighted by Gasteiger charge is 2.35. The zero-order chi connectivity index (χ0) is 18.7. The summed E-state index contributed by atoms with van der Waals surface area (Å²) in [5.41, 5.74) is 4.33. The first-order chi connectivity index (χ1) is 13.0. The summed E-state index contributed by atoms with van der Waals surface area (Å²) in [7, 11) is 1.93. The molecule has 7 nitrogen and oxygen atoms in total. The molecule has 2 bridgehead atoms. The van der Waals surface area contributed by atoms with E-state index in [1.165, 1.54) is 24.1 Å². The molecule has 0 radical (unpaired) electrons. The summed E-state index contributed by atoms with van der Waals surface area (Å²) in [4.78, 5) is 26.4. The molecule has 2 N–H and O–H groups in total. The highest BCUT2D eigenvalue weighted by Crippen LogP contribution is 2.36. The fourth-order valence-corrected chi connectivity index (χ4v) is 4.95. The lowest BCUT2D eigenvalue weighted by molar-refractivity contribution is -0.134. The van der Waals surface area contributed by atoms with E-state index >= 15 is 0 Å². The number of fused-ring (bicyclic) bond motifs is 4. The summed E-state index contributed by atoms with van der Waals surface area (Å²) in [5.74, 6) is -0.775. The number of aromatic nitrogens is 2. The highest BCUT2D eigenvalue weighted by molar-refractivity contribution is 6.02. The van der Waals surface area contributed by atoms with Crippen LogP contribution in [0.5, 0.6) is 0 Å². The average Bonchev–Trinajstić information content (AvgIpc) is 2.97. The molecule has 5 heterocycles. The van der Waals surface area contributed by atoms with E-state index in [0.29, 0.717) is 24.9 Å². The van der Waals surface area contributed by atoms with Crippen LogP contribution in [-0.4, -0.2) is 46.8 Å². The first-order valence-electron chi connectivity index (χ1n) is 9.82. The zero-order valence-corrected chi connectivity index (χ0v) is 15.8. The van der Waals surface area contributed by atoms with E-state index in [1.54, 1.807) is 0 Å². The molecule has 4 fully saturated rings. The van der Waals surface area contributed by atoms with Crippen LogP contribution in [0.3, 0.4) is 0 Å². The predicted molar refractivity (Wildman–Crippen MR) is 103 cm³/mol. The fraction of sp³-hybridized carbons (Fsp3) is 0.550. The van der Waals surface area contributed by atoms with Crippen LogP contribution in [-0.2, 0) is 16.6 Å². The van der Waals surface area contributed by atoms with E-state index < -0.39 is 0 Å². The van der Waals surface area contributed by atoms with Crippen molar-refractivity contribution in [2.24, 2.45) is 7.05 Å². The number of carbonyl (C=O) groups is 2. The number of amides is 2. The molecule has 2 amide bonds. The topological polar surface area (TPSA) is 79.3 Å². The monoisotopic (exact) mass is 367 g/mol. The second kappa shape index (κ2) is 6.05. The van der Waals surface area contributed by atoms with Gasteiger partial charge in [0, 0.05) is 49.7 Å². The summed E-state index contributed by atoms with van der Waals surface area (Å²) in [5, 5.41) is 11.8. The summed E-state index contributed by atoms with van der Waals surface area (Å²) < 4.78 is 1.87. The third kappa shape index (κ3) is 2.64. The smallest absolute Gasteiger partial charge is 0.235 e. The maximum absolute atomic E-state index is 12.3. The molecule has 4 aliphatic rings. The van der Waals surface area contributed by atoms with Crippen molar-refractivity contribution in [2.75, 3.05) is 18.0 Å².